The van der Waals surface area contributed by atoms with E-state index in [0.29, 0.717) is 16.3 Å². The van der Waals surface area contributed by atoms with Gasteiger partial charge in [0.2, 0.25) is 11.6 Å². The number of pyridine rings is 2. The lowest BCUT2D eigenvalue weighted by atomic mass is 10.2. The van der Waals surface area contributed by atoms with Crippen LogP contribution in [0.1, 0.15) is 64.2 Å². The van der Waals surface area contributed by atoms with E-state index in [2.05, 4.69) is 45.0 Å². The Hall–Kier alpha value is -7.65. The van der Waals surface area contributed by atoms with Crippen molar-refractivity contribution in [3.8, 4) is 46.0 Å². The highest BCUT2D eigenvalue weighted by molar-refractivity contribution is 7.92. The van der Waals surface area contributed by atoms with Crippen molar-refractivity contribution in [1.29, 1.82) is 0 Å². The second-order valence-corrected chi connectivity index (χ2v) is 17.3. The first-order valence-electron chi connectivity index (χ1n) is 23.2. The average Bonchev–Trinajstić information content (AvgIpc) is 3.97. The lowest BCUT2D eigenvalue weighted by Gasteiger charge is -2.30. The average molecular weight is 1130 g/mol. The summed E-state index contributed by atoms with van der Waals surface area (Å²) in [6.07, 6.45) is -2.23. The predicted molar refractivity (Wildman–Crippen MR) is 251 cm³/mol. The number of unbranched alkanes of at least 4 members (excludes halogenated alkanes) is 2. The zero-order valence-corrected chi connectivity index (χ0v) is 42.9. The van der Waals surface area contributed by atoms with E-state index >= 15 is 8.42 Å². The van der Waals surface area contributed by atoms with Crippen LogP contribution in [0.4, 0.5) is 15.4 Å². The zero-order chi connectivity index (χ0) is 56.6. The van der Waals surface area contributed by atoms with Crippen molar-refractivity contribution >= 4 is 34.1 Å². The SMILES string of the molecule is COc1ccccc1Oc1c(OCCOC(=O)CCCON(O)O)nc(-c2ccnc(-c3nnnn3C(C)OC(=O)OCCCCON(O)O)c2)nc1N(C(C)OC(=O)OCCCCON(O)O)S(=O)(=O)c1ccc(C)cn1. The number of hydrogen-bond acceptors (Lipinski definition) is 32. The maximum Gasteiger partial charge on any atom is 0.510 e. The van der Waals surface area contributed by atoms with Gasteiger partial charge in [0, 0.05) is 24.4 Å². The van der Waals surface area contributed by atoms with Gasteiger partial charge in [-0.25, -0.2) is 23.9 Å². The summed E-state index contributed by atoms with van der Waals surface area (Å²) in [5.74, 6) is -2.67. The highest BCUT2D eigenvalue weighted by Gasteiger charge is 2.39. The molecule has 6 N–H and O–H groups in total. The fourth-order valence-electron chi connectivity index (χ4n) is 6.37. The maximum absolute atomic E-state index is 15.1. The Bertz CT molecular complexity index is 2800. The molecule has 2 unspecified atom stereocenters. The van der Waals surface area contributed by atoms with Crippen molar-refractivity contribution in [1.82, 2.24) is 56.3 Å². The summed E-state index contributed by atoms with van der Waals surface area (Å²) in [4.78, 5) is 69.9. The van der Waals surface area contributed by atoms with Gasteiger partial charge in [0.05, 0.1) is 56.3 Å². The first-order chi connectivity index (χ1) is 37.4. The molecule has 0 saturated heterocycles. The molecule has 0 radical (unpaired) electrons. The molecule has 1 aromatic carbocycles. The summed E-state index contributed by atoms with van der Waals surface area (Å²) in [5.41, 5.74) is 0.690. The van der Waals surface area contributed by atoms with Crippen molar-refractivity contribution in [2.75, 3.05) is 57.7 Å². The number of benzene rings is 1. The van der Waals surface area contributed by atoms with Crippen LogP contribution in [-0.4, -0.2) is 174 Å². The lowest BCUT2D eigenvalue weighted by Crippen LogP contribution is -2.42. The van der Waals surface area contributed by atoms with Crippen LogP contribution in [0.5, 0.6) is 23.1 Å². The van der Waals surface area contributed by atoms with E-state index in [1.54, 1.807) is 19.1 Å². The normalized spacial score (nSPS) is 12.3. The summed E-state index contributed by atoms with van der Waals surface area (Å²) in [5, 5.41) is 62.2. The van der Waals surface area contributed by atoms with Crippen molar-refractivity contribution < 1.29 is 106 Å². The molecule has 0 spiro atoms. The fraction of sp³-hybridized carbons (Fsp3) is 0.442. The lowest BCUT2D eigenvalue weighted by molar-refractivity contribution is -0.492. The van der Waals surface area contributed by atoms with Gasteiger partial charge >= 0.3 is 18.3 Å². The molecule has 4 aromatic heterocycles. The van der Waals surface area contributed by atoms with E-state index in [-0.39, 0.29) is 99.5 Å². The smallest absolute Gasteiger partial charge is 0.493 e. The predicted octanol–water partition coefficient (Wildman–Crippen LogP) is 4.36. The highest BCUT2D eigenvalue weighted by atomic mass is 32.2. The molecule has 426 valence electrons. The van der Waals surface area contributed by atoms with Crippen molar-refractivity contribution in [2.45, 2.75) is 76.8 Å². The molecule has 0 saturated carbocycles. The number of methoxy groups -OCH3 is 1. The van der Waals surface area contributed by atoms with Gasteiger partial charge in [-0.1, -0.05) is 18.2 Å². The number of carbonyl (C=O) groups excluding carboxylic acids is 3. The number of sulfonamides is 1. The number of rotatable bonds is 33. The zero-order valence-electron chi connectivity index (χ0n) is 42.1. The van der Waals surface area contributed by atoms with Crippen LogP contribution >= 0.6 is 0 Å². The standard InChI is InChI=1S/C43H56N12O22S/c1-28-15-16-35(45-27-28)78(65,66)52(30(3)76-43(58)71-20-8-10-22-73-54(61)62)40-37(77-34-13-6-5-12-33(34)67-4)41(69-25-24-68-36(56)14-11-23-74-55(63)64)47-38(46-40)31-17-18-44-32(26-31)39-48-49-50-51(39)29(2)75-42(57)70-19-7-9-21-72-53(59)60/h5-6,12-13,15-18,26-27,29-30,59-64H,7-11,14,19-25H2,1-4H3. The number of anilines is 1. The van der Waals surface area contributed by atoms with Gasteiger partial charge < -0.3 is 37.9 Å². The number of nitrogens with zero attached hydrogens (tertiary/aromatic N) is 12. The molecule has 0 amide bonds. The minimum Gasteiger partial charge on any atom is -0.493 e. The molecule has 4 heterocycles. The summed E-state index contributed by atoms with van der Waals surface area (Å²) in [7, 11) is -3.66. The van der Waals surface area contributed by atoms with Gasteiger partial charge in [-0.15, -0.1) is 5.10 Å². The first-order valence-corrected chi connectivity index (χ1v) is 24.6. The Labute approximate surface area is 442 Å². The second-order valence-electron chi connectivity index (χ2n) is 15.6. The van der Waals surface area contributed by atoms with E-state index in [1.807, 2.05) is 0 Å². The van der Waals surface area contributed by atoms with E-state index in [1.165, 1.54) is 69.7 Å². The summed E-state index contributed by atoms with van der Waals surface area (Å²) in [6.45, 7) is 2.48. The number of aryl methyl sites for hydroxylation is 1. The van der Waals surface area contributed by atoms with E-state index in [4.69, 9.17) is 74.1 Å². The molecular weight excluding hydrogens is 1070 g/mol. The van der Waals surface area contributed by atoms with Crippen LogP contribution in [0.3, 0.4) is 0 Å². The highest BCUT2D eigenvalue weighted by Crippen LogP contribution is 2.45. The van der Waals surface area contributed by atoms with E-state index < -0.39 is 92.6 Å². The minimum absolute atomic E-state index is 0.0254. The molecular formula is C43H56N12O22S. The Morgan fingerprint density at radius 1 is 0.718 bits per heavy atom. The molecule has 0 aliphatic rings. The number of aromatic nitrogens is 8. The summed E-state index contributed by atoms with van der Waals surface area (Å²) in [6, 6.07) is 11.7. The van der Waals surface area contributed by atoms with Crippen LogP contribution in [0.2, 0.25) is 0 Å². The number of carbonyl (C=O) groups is 3. The largest absolute Gasteiger partial charge is 0.510 e. The van der Waals surface area contributed by atoms with Gasteiger partial charge in [0.15, 0.2) is 40.6 Å². The third kappa shape index (κ3) is 19.1. The third-order valence-electron chi connectivity index (χ3n) is 9.91. The second kappa shape index (κ2) is 30.9. The van der Waals surface area contributed by atoms with Crippen molar-refractivity contribution in [3.05, 3.63) is 66.5 Å². The summed E-state index contributed by atoms with van der Waals surface area (Å²) >= 11 is 0. The van der Waals surface area contributed by atoms with Crippen LogP contribution in [0.15, 0.2) is 66.0 Å². The molecule has 0 fully saturated rings. The quantitative estimate of drug-likeness (QED) is 0.0112. The van der Waals surface area contributed by atoms with Crippen LogP contribution in [-0.2, 0) is 53.0 Å². The topological polar surface area (TPSA) is 416 Å². The van der Waals surface area contributed by atoms with E-state index in [9.17, 15) is 14.4 Å². The fourth-order valence-corrected chi connectivity index (χ4v) is 7.78. The minimum atomic E-state index is -5.01. The number of hydrogen-bond donors (Lipinski definition) is 6. The van der Waals surface area contributed by atoms with Gasteiger partial charge in [-0.2, -0.15) is 18.1 Å². The molecule has 0 aliphatic carbocycles. The molecule has 35 heteroatoms. The Balaban J connectivity index is 1.61. The third-order valence-corrected chi connectivity index (χ3v) is 11.7. The Kier molecular flexibility index (Phi) is 24.3. The first kappa shape index (κ1) is 61.2. The maximum atomic E-state index is 15.1. The Morgan fingerprint density at radius 2 is 1.35 bits per heavy atom. The summed E-state index contributed by atoms with van der Waals surface area (Å²) < 4.78 is 76.6. The number of tetrazole rings is 1. The molecule has 34 nitrogen and oxygen atoms in total. The molecule has 0 bridgehead atoms. The van der Waals surface area contributed by atoms with Gasteiger partial charge in [-0.3, -0.25) is 55.5 Å². The number of ether oxygens (including phenoxy) is 8. The van der Waals surface area contributed by atoms with Crippen LogP contribution in [0, 0.1) is 6.92 Å². The van der Waals surface area contributed by atoms with Crippen LogP contribution in [0.25, 0.3) is 22.9 Å². The van der Waals surface area contributed by atoms with Crippen LogP contribution < -0.4 is 18.5 Å². The monoisotopic (exact) mass is 1120 g/mol. The Morgan fingerprint density at radius 3 is 1.97 bits per heavy atom. The number of para-hydroxylation sites is 2. The van der Waals surface area contributed by atoms with Gasteiger partial charge in [0.1, 0.15) is 18.9 Å². The van der Waals surface area contributed by atoms with Gasteiger partial charge in [0.25, 0.3) is 15.9 Å². The number of esters is 1. The van der Waals surface area contributed by atoms with Gasteiger partial charge in [-0.05, 0) is 99.2 Å². The molecule has 78 heavy (non-hydrogen) atoms. The van der Waals surface area contributed by atoms with Crippen molar-refractivity contribution in [3.63, 3.8) is 0 Å². The van der Waals surface area contributed by atoms with Crippen molar-refractivity contribution in [2.24, 2.45) is 0 Å². The molecule has 0 aliphatic heterocycles. The molecule has 5 aromatic rings. The van der Waals surface area contributed by atoms with E-state index in [0.717, 1.165) is 4.68 Å². The molecule has 2 atom stereocenters. The molecule has 5 rings (SSSR count).